The van der Waals surface area contributed by atoms with Gasteiger partial charge in [0.1, 0.15) is 11.5 Å². The molecule has 0 bridgehead atoms. The number of benzene rings is 3. The number of fused-ring (bicyclic) bond motifs is 2. The van der Waals surface area contributed by atoms with E-state index < -0.39 is 0 Å². The molecule has 0 amide bonds. The molecular weight excluding hydrogens is 356 g/mol. The molecule has 0 saturated carbocycles. The summed E-state index contributed by atoms with van der Waals surface area (Å²) in [4.78, 5) is 0. The lowest BCUT2D eigenvalue weighted by atomic mass is 9.95. The summed E-state index contributed by atoms with van der Waals surface area (Å²) in [6.07, 6.45) is 7.67. The highest BCUT2D eigenvalue weighted by molar-refractivity contribution is 6.11. The van der Waals surface area contributed by atoms with E-state index in [1.807, 2.05) is 0 Å². The maximum atomic E-state index is 11.1. The number of rotatable bonds is 8. The predicted molar refractivity (Wildman–Crippen MR) is 125 cm³/mol. The third-order valence-corrected chi connectivity index (χ3v) is 5.60. The Morgan fingerprint density at radius 3 is 2.03 bits per heavy atom. The summed E-state index contributed by atoms with van der Waals surface area (Å²) < 4.78 is 5.78. The van der Waals surface area contributed by atoms with Crippen LogP contribution in [0.2, 0.25) is 0 Å². The standard InChI is InChI=1S/C27H34O2/c1-18(2)8-6-10-20-12-14-22-24(16-20)26(28)25-17-21(11-7-9-19(3)4)13-15-23(25)27(22)29-5/h8,12-17,19,28H,6-7,9-11H2,1-5H3. The second kappa shape index (κ2) is 9.35. The Balaban J connectivity index is 2.04. The first-order valence-electron chi connectivity index (χ1n) is 10.8. The zero-order valence-corrected chi connectivity index (χ0v) is 18.5. The Morgan fingerprint density at radius 1 is 0.931 bits per heavy atom. The number of phenols is 1. The minimum absolute atomic E-state index is 0.366. The molecule has 0 aliphatic heterocycles. The predicted octanol–water partition coefficient (Wildman–Crippen LogP) is 7.58. The first-order valence-corrected chi connectivity index (χ1v) is 10.8. The fourth-order valence-electron chi connectivity index (χ4n) is 4.03. The second-order valence-electron chi connectivity index (χ2n) is 8.75. The molecule has 0 atom stereocenters. The van der Waals surface area contributed by atoms with Crippen molar-refractivity contribution in [3.8, 4) is 11.5 Å². The second-order valence-corrected chi connectivity index (χ2v) is 8.75. The van der Waals surface area contributed by atoms with Crippen molar-refractivity contribution < 1.29 is 9.84 Å². The molecular formula is C27H34O2. The van der Waals surface area contributed by atoms with Gasteiger partial charge in [0.05, 0.1) is 7.11 Å². The van der Waals surface area contributed by atoms with E-state index >= 15 is 0 Å². The summed E-state index contributed by atoms with van der Waals surface area (Å²) in [5.41, 5.74) is 3.85. The van der Waals surface area contributed by atoms with Crippen molar-refractivity contribution in [3.05, 3.63) is 59.2 Å². The molecule has 1 N–H and O–H groups in total. The van der Waals surface area contributed by atoms with Crippen LogP contribution in [0.15, 0.2) is 48.0 Å². The third kappa shape index (κ3) is 4.93. The molecule has 2 heteroatoms. The van der Waals surface area contributed by atoms with Gasteiger partial charge in [-0.15, -0.1) is 0 Å². The summed E-state index contributed by atoms with van der Waals surface area (Å²) in [7, 11) is 1.71. The molecule has 0 aromatic heterocycles. The van der Waals surface area contributed by atoms with Crippen molar-refractivity contribution >= 4 is 21.5 Å². The molecule has 0 unspecified atom stereocenters. The number of allylic oxidation sites excluding steroid dienone is 2. The van der Waals surface area contributed by atoms with E-state index in [9.17, 15) is 5.11 Å². The van der Waals surface area contributed by atoms with Crippen LogP contribution in [-0.4, -0.2) is 12.2 Å². The first kappa shape index (κ1) is 21.2. The maximum absolute atomic E-state index is 11.1. The number of hydrogen-bond donors (Lipinski definition) is 1. The number of aromatic hydroxyl groups is 1. The van der Waals surface area contributed by atoms with Gasteiger partial charge in [-0.3, -0.25) is 0 Å². The molecule has 3 aromatic rings. The first-order chi connectivity index (χ1) is 13.9. The van der Waals surface area contributed by atoms with Crippen molar-refractivity contribution in [2.45, 2.75) is 59.8 Å². The fourth-order valence-corrected chi connectivity index (χ4v) is 4.03. The number of methoxy groups -OCH3 is 1. The Hall–Kier alpha value is -2.48. The van der Waals surface area contributed by atoms with Crippen molar-refractivity contribution in [1.29, 1.82) is 0 Å². The Labute approximate surface area is 175 Å². The van der Waals surface area contributed by atoms with Crippen molar-refractivity contribution in [2.24, 2.45) is 5.92 Å². The minimum Gasteiger partial charge on any atom is -0.507 e. The van der Waals surface area contributed by atoms with Gasteiger partial charge < -0.3 is 9.84 Å². The zero-order chi connectivity index (χ0) is 21.0. The van der Waals surface area contributed by atoms with Crippen molar-refractivity contribution in [2.75, 3.05) is 7.11 Å². The van der Waals surface area contributed by atoms with E-state index in [0.717, 1.165) is 52.5 Å². The van der Waals surface area contributed by atoms with Gasteiger partial charge in [-0.2, -0.15) is 0 Å². The molecule has 0 heterocycles. The van der Waals surface area contributed by atoms with Gasteiger partial charge >= 0.3 is 0 Å². The lowest BCUT2D eigenvalue weighted by Crippen LogP contribution is -1.94. The highest BCUT2D eigenvalue weighted by Crippen LogP contribution is 2.42. The number of hydrogen-bond acceptors (Lipinski definition) is 2. The van der Waals surface area contributed by atoms with E-state index in [0.29, 0.717) is 5.75 Å². The topological polar surface area (TPSA) is 29.5 Å². The van der Waals surface area contributed by atoms with E-state index in [-0.39, 0.29) is 0 Å². The lowest BCUT2D eigenvalue weighted by molar-refractivity contribution is 0.423. The molecule has 2 nitrogen and oxygen atoms in total. The fraction of sp³-hybridized carbons (Fsp3) is 0.407. The van der Waals surface area contributed by atoms with Gasteiger partial charge in [0, 0.05) is 21.5 Å². The van der Waals surface area contributed by atoms with Gasteiger partial charge in [0.2, 0.25) is 0 Å². The summed E-state index contributed by atoms with van der Waals surface area (Å²) in [6.45, 7) is 8.78. The molecule has 29 heavy (non-hydrogen) atoms. The van der Waals surface area contributed by atoms with Crippen LogP contribution < -0.4 is 4.74 Å². The molecule has 0 aliphatic carbocycles. The molecule has 0 saturated heterocycles. The molecule has 154 valence electrons. The van der Waals surface area contributed by atoms with Crippen LogP contribution in [0.4, 0.5) is 0 Å². The van der Waals surface area contributed by atoms with Crippen molar-refractivity contribution in [3.63, 3.8) is 0 Å². The van der Waals surface area contributed by atoms with Crippen LogP contribution >= 0.6 is 0 Å². The zero-order valence-electron chi connectivity index (χ0n) is 18.5. The molecule has 0 radical (unpaired) electrons. The monoisotopic (exact) mass is 390 g/mol. The van der Waals surface area contributed by atoms with Gasteiger partial charge in [0.15, 0.2) is 0 Å². The average molecular weight is 391 g/mol. The van der Waals surface area contributed by atoms with Crippen LogP contribution in [-0.2, 0) is 12.8 Å². The smallest absolute Gasteiger partial charge is 0.134 e. The largest absolute Gasteiger partial charge is 0.507 e. The lowest BCUT2D eigenvalue weighted by Gasteiger charge is -2.15. The molecule has 0 spiro atoms. The minimum atomic E-state index is 0.366. The van der Waals surface area contributed by atoms with Crippen LogP contribution in [0.1, 0.15) is 58.1 Å². The van der Waals surface area contributed by atoms with Gasteiger partial charge in [-0.05, 0) is 68.7 Å². The summed E-state index contributed by atoms with van der Waals surface area (Å²) in [5, 5.41) is 14.8. The van der Waals surface area contributed by atoms with E-state index in [2.05, 4.69) is 70.2 Å². The van der Waals surface area contributed by atoms with E-state index in [4.69, 9.17) is 4.74 Å². The number of phenolic OH excluding ortho intramolecular Hbond substituents is 1. The van der Waals surface area contributed by atoms with E-state index in [1.54, 1.807) is 7.11 Å². The van der Waals surface area contributed by atoms with Crippen molar-refractivity contribution in [1.82, 2.24) is 0 Å². The Morgan fingerprint density at radius 2 is 1.52 bits per heavy atom. The summed E-state index contributed by atoms with van der Waals surface area (Å²) in [5.74, 6) is 1.93. The molecule has 0 aliphatic rings. The van der Waals surface area contributed by atoms with Gasteiger partial charge in [0.25, 0.3) is 0 Å². The van der Waals surface area contributed by atoms with E-state index in [1.165, 1.54) is 29.5 Å². The number of ether oxygens (including phenoxy) is 1. The van der Waals surface area contributed by atoms with Gasteiger partial charge in [-0.1, -0.05) is 56.2 Å². The third-order valence-electron chi connectivity index (χ3n) is 5.60. The Kier molecular flexibility index (Phi) is 6.84. The normalized spacial score (nSPS) is 11.4. The molecule has 3 rings (SSSR count). The highest BCUT2D eigenvalue weighted by Gasteiger charge is 2.15. The quantitative estimate of drug-likeness (QED) is 0.317. The van der Waals surface area contributed by atoms with Crippen LogP contribution in [0.5, 0.6) is 11.5 Å². The SMILES string of the molecule is COc1c2ccc(CCC=C(C)C)cc2c(O)c2cc(CCCC(C)C)ccc12. The van der Waals surface area contributed by atoms with Crippen LogP contribution in [0, 0.1) is 5.92 Å². The van der Waals surface area contributed by atoms with Gasteiger partial charge in [-0.25, -0.2) is 0 Å². The summed E-state index contributed by atoms with van der Waals surface area (Å²) in [6, 6.07) is 12.8. The maximum Gasteiger partial charge on any atom is 0.134 e. The highest BCUT2D eigenvalue weighted by atomic mass is 16.5. The molecule has 3 aromatic carbocycles. The Bertz CT molecular complexity index is 1020. The van der Waals surface area contributed by atoms with Crippen LogP contribution in [0.25, 0.3) is 21.5 Å². The number of aryl methyl sites for hydroxylation is 2. The summed E-state index contributed by atoms with van der Waals surface area (Å²) >= 11 is 0. The van der Waals surface area contributed by atoms with Crippen LogP contribution in [0.3, 0.4) is 0 Å². The molecule has 0 fully saturated rings. The average Bonchev–Trinajstić information content (AvgIpc) is 2.68.